The van der Waals surface area contributed by atoms with Gasteiger partial charge in [-0.1, -0.05) is 0 Å². The van der Waals surface area contributed by atoms with Crippen molar-refractivity contribution in [2.24, 2.45) is 0 Å². The average molecular weight is 232 g/mol. The molecule has 0 unspecified atom stereocenters. The van der Waals surface area contributed by atoms with Crippen molar-refractivity contribution in [3.63, 3.8) is 0 Å². The molecule has 0 amide bonds. The predicted octanol–water partition coefficient (Wildman–Crippen LogP) is 1.50. The number of fused-ring (bicyclic) bond motifs is 1. The van der Waals surface area contributed by atoms with E-state index in [1.807, 2.05) is 6.20 Å². The molecule has 0 bridgehead atoms. The Kier molecular flexibility index (Phi) is 2.60. The van der Waals surface area contributed by atoms with Crippen LogP contribution in [0, 0.1) is 5.82 Å². The fourth-order valence-corrected chi connectivity index (χ4v) is 2.19. The van der Waals surface area contributed by atoms with E-state index < -0.39 is 0 Å². The molecule has 5 heteroatoms. The molecule has 0 aromatic carbocycles. The summed E-state index contributed by atoms with van der Waals surface area (Å²) in [6, 6.07) is 1.74. The fourth-order valence-electron chi connectivity index (χ4n) is 2.19. The Morgan fingerprint density at radius 2 is 2.35 bits per heavy atom. The summed E-state index contributed by atoms with van der Waals surface area (Å²) < 4.78 is 13.5. The first kappa shape index (κ1) is 10.4. The first-order valence-electron chi connectivity index (χ1n) is 5.65. The molecule has 0 atom stereocenters. The van der Waals surface area contributed by atoms with Crippen molar-refractivity contribution in [1.82, 2.24) is 20.1 Å². The Hall–Kier alpha value is -1.75. The second kappa shape index (κ2) is 4.25. The number of nitrogens with one attached hydrogen (secondary N) is 1. The van der Waals surface area contributed by atoms with Crippen molar-refractivity contribution in [3.8, 4) is 0 Å². The Bertz CT molecular complexity index is 523. The summed E-state index contributed by atoms with van der Waals surface area (Å²) in [5, 5.41) is 7.02. The van der Waals surface area contributed by atoms with Gasteiger partial charge in [0.1, 0.15) is 5.82 Å². The van der Waals surface area contributed by atoms with Gasteiger partial charge in [0.2, 0.25) is 0 Å². The lowest BCUT2D eigenvalue weighted by Crippen LogP contribution is -2.30. The van der Waals surface area contributed by atoms with Gasteiger partial charge in [0.25, 0.3) is 0 Å². The summed E-state index contributed by atoms with van der Waals surface area (Å²) >= 11 is 0. The van der Waals surface area contributed by atoms with Crippen molar-refractivity contribution < 1.29 is 4.39 Å². The first-order valence-corrected chi connectivity index (χ1v) is 5.65. The van der Waals surface area contributed by atoms with E-state index in [1.54, 1.807) is 12.3 Å². The third kappa shape index (κ3) is 2.06. The summed E-state index contributed by atoms with van der Waals surface area (Å²) in [6.07, 6.45) is 5.70. The first-order chi connectivity index (χ1) is 8.33. The van der Waals surface area contributed by atoms with Crippen LogP contribution >= 0.6 is 0 Å². The van der Waals surface area contributed by atoms with E-state index in [0.29, 0.717) is 12.1 Å². The van der Waals surface area contributed by atoms with Crippen LogP contribution in [0.1, 0.15) is 16.8 Å². The van der Waals surface area contributed by atoms with Gasteiger partial charge in [0.15, 0.2) is 0 Å². The third-order valence-corrected chi connectivity index (χ3v) is 3.13. The second-order valence-electron chi connectivity index (χ2n) is 4.30. The van der Waals surface area contributed by atoms with Crippen molar-refractivity contribution in [2.75, 3.05) is 6.54 Å². The monoisotopic (exact) mass is 232 g/mol. The van der Waals surface area contributed by atoms with Crippen LogP contribution in [0.3, 0.4) is 0 Å². The van der Waals surface area contributed by atoms with E-state index in [1.165, 1.54) is 17.5 Å². The molecule has 0 radical (unpaired) electrons. The van der Waals surface area contributed by atoms with E-state index in [2.05, 4.69) is 20.1 Å². The maximum atomic E-state index is 13.5. The van der Waals surface area contributed by atoms with E-state index >= 15 is 0 Å². The topological polar surface area (TPSA) is 44.8 Å². The number of aromatic nitrogens is 3. The van der Waals surface area contributed by atoms with Gasteiger partial charge in [0, 0.05) is 49.1 Å². The lowest BCUT2D eigenvalue weighted by atomic mass is 10.1. The minimum Gasteiger partial charge on any atom is -0.294 e. The average Bonchev–Trinajstić information content (AvgIpc) is 2.79. The number of aromatic amines is 1. The van der Waals surface area contributed by atoms with Crippen LogP contribution in [-0.2, 0) is 19.5 Å². The molecule has 2 aromatic heterocycles. The molecule has 1 aliphatic rings. The fraction of sp³-hybridized carbons (Fsp3) is 0.333. The van der Waals surface area contributed by atoms with E-state index in [9.17, 15) is 4.39 Å². The lowest BCUT2D eigenvalue weighted by molar-refractivity contribution is 0.241. The standard InChI is InChI=1S/C12H13FN4/c13-11-6-14-3-1-9(11)7-17-4-2-12-10(8-17)5-15-16-12/h1,3,5-6H,2,4,7-8H2,(H,15,16). The van der Waals surface area contributed by atoms with Crippen LogP contribution < -0.4 is 0 Å². The van der Waals surface area contributed by atoms with Crippen LogP contribution in [-0.4, -0.2) is 26.6 Å². The summed E-state index contributed by atoms with van der Waals surface area (Å²) in [5.74, 6) is -0.231. The molecule has 0 aliphatic carbocycles. The zero-order chi connectivity index (χ0) is 11.7. The SMILES string of the molecule is Fc1cnccc1CN1CCc2[nH]ncc2C1. The Labute approximate surface area is 98.5 Å². The normalized spacial score (nSPS) is 15.8. The Balaban J connectivity index is 1.74. The summed E-state index contributed by atoms with van der Waals surface area (Å²) in [4.78, 5) is 5.98. The van der Waals surface area contributed by atoms with E-state index in [4.69, 9.17) is 0 Å². The van der Waals surface area contributed by atoms with Gasteiger partial charge in [-0.2, -0.15) is 5.10 Å². The number of pyridine rings is 1. The van der Waals surface area contributed by atoms with Gasteiger partial charge < -0.3 is 0 Å². The highest BCUT2D eigenvalue weighted by Crippen LogP contribution is 2.18. The quantitative estimate of drug-likeness (QED) is 0.853. The zero-order valence-electron chi connectivity index (χ0n) is 9.36. The highest BCUT2D eigenvalue weighted by Gasteiger charge is 2.18. The largest absolute Gasteiger partial charge is 0.294 e. The highest BCUT2D eigenvalue weighted by atomic mass is 19.1. The maximum Gasteiger partial charge on any atom is 0.145 e. The predicted molar refractivity (Wildman–Crippen MR) is 60.6 cm³/mol. The number of hydrogen-bond donors (Lipinski definition) is 1. The molecular formula is C12H13FN4. The third-order valence-electron chi connectivity index (χ3n) is 3.13. The maximum absolute atomic E-state index is 13.5. The highest BCUT2D eigenvalue weighted by molar-refractivity contribution is 5.20. The van der Waals surface area contributed by atoms with Crippen LogP contribution in [0.5, 0.6) is 0 Å². The molecule has 0 spiro atoms. The molecule has 0 saturated carbocycles. The van der Waals surface area contributed by atoms with Gasteiger partial charge in [-0.05, 0) is 6.07 Å². The molecule has 3 rings (SSSR count). The molecule has 17 heavy (non-hydrogen) atoms. The number of hydrogen-bond acceptors (Lipinski definition) is 3. The van der Waals surface area contributed by atoms with Gasteiger partial charge >= 0.3 is 0 Å². The summed E-state index contributed by atoms with van der Waals surface area (Å²) in [6.45, 7) is 2.38. The van der Waals surface area contributed by atoms with Crippen molar-refractivity contribution >= 4 is 0 Å². The summed E-state index contributed by atoms with van der Waals surface area (Å²) in [5.41, 5.74) is 3.12. The molecule has 1 aliphatic heterocycles. The van der Waals surface area contributed by atoms with Crippen LogP contribution in [0.4, 0.5) is 4.39 Å². The Morgan fingerprint density at radius 1 is 1.41 bits per heavy atom. The van der Waals surface area contributed by atoms with Crippen molar-refractivity contribution in [2.45, 2.75) is 19.5 Å². The lowest BCUT2D eigenvalue weighted by Gasteiger charge is -2.26. The number of halogens is 1. The molecular weight excluding hydrogens is 219 g/mol. The van der Waals surface area contributed by atoms with Gasteiger partial charge in [-0.15, -0.1) is 0 Å². The molecule has 1 N–H and O–H groups in total. The van der Waals surface area contributed by atoms with Crippen LogP contribution in [0.2, 0.25) is 0 Å². The smallest absolute Gasteiger partial charge is 0.145 e. The van der Waals surface area contributed by atoms with Crippen molar-refractivity contribution in [1.29, 1.82) is 0 Å². The molecule has 0 fully saturated rings. The van der Waals surface area contributed by atoms with Gasteiger partial charge in [-0.3, -0.25) is 15.0 Å². The molecule has 2 aromatic rings. The number of H-pyrrole nitrogens is 1. The van der Waals surface area contributed by atoms with Gasteiger partial charge in [0.05, 0.1) is 12.4 Å². The second-order valence-corrected chi connectivity index (χ2v) is 4.30. The number of nitrogens with zero attached hydrogens (tertiary/aromatic N) is 3. The number of rotatable bonds is 2. The molecule has 3 heterocycles. The van der Waals surface area contributed by atoms with Crippen LogP contribution in [0.25, 0.3) is 0 Å². The van der Waals surface area contributed by atoms with Crippen LogP contribution in [0.15, 0.2) is 24.7 Å². The van der Waals surface area contributed by atoms with E-state index in [-0.39, 0.29) is 5.82 Å². The zero-order valence-corrected chi connectivity index (χ0v) is 9.36. The minimum atomic E-state index is -0.231. The van der Waals surface area contributed by atoms with Crippen molar-refractivity contribution in [3.05, 3.63) is 47.3 Å². The van der Waals surface area contributed by atoms with E-state index in [0.717, 1.165) is 19.5 Å². The Morgan fingerprint density at radius 3 is 3.24 bits per heavy atom. The van der Waals surface area contributed by atoms with Gasteiger partial charge in [-0.25, -0.2) is 4.39 Å². The summed E-state index contributed by atoms with van der Waals surface area (Å²) in [7, 11) is 0. The molecule has 0 saturated heterocycles. The molecule has 4 nitrogen and oxygen atoms in total. The molecule has 88 valence electrons. The minimum absolute atomic E-state index is 0.231.